The van der Waals surface area contributed by atoms with Crippen molar-refractivity contribution < 1.29 is 14.3 Å². The summed E-state index contributed by atoms with van der Waals surface area (Å²) in [5.74, 6) is 2.10. The molecule has 0 aliphatic carbocycles. The summed E-state index contributed by atoms with van der Waals surface area (Å²) in [6.07, 6.45) is 4.06. The number of rotatable bonds is 7. The molecule has 0 bridgehead atoms. The van der Waals surface area contributed by atoms with Crippen molar-refractivity contribution in [2.75, 3.05) is 56.2 Å². The number of carbonyl (C=O) groups is 1. The lowest BCUT2D eigenvalue weighted by Gasteiger charge is -2.38. The Bertz CT molecular complexity index is 1070. The average molecular weight is 462 g/mol. The van der Waals surface area contributed by atoms with Crippen LogP contribution in [0.2, 0.25) is 0 Å². The van der Waals surface area contributed by atoms with E-state index in [-0.39, 0.29) is 11.8 Å². The molecular weight excluding hydrogens is 430 g/mol. The molecule has 1 N–H and O–H groups in total. The van der Waals surface area contributed by atoms with Crippen molar-refractivity contribution in [2.45, 2.75) is 32.1 Å². The number of carbonyl (C=O) groups excluding carboxylic acids is 1. The largest absolute Gasteiger partial charge is 0.492 e. The zero-order chi connectivity index (χ0) is 23.3. The molecular formula is C26H31N5O3. The van der Waals surface area contributed by atoms with Crippen molar-refractivity contribution in [1.29, 1.82) is 5.26 Å². The zero-order valence-corrected chi connectivity index (χ0v) is 19.5. The van der Waals surface area contributed by atoms with Crippen LogP contribution in [0.4, 0.5) is 11.5 Å². The molecule has 3 aliphatic rings. The predicted molar refractivity (Wildman–Crippen MR) is 129 cm³/mol. The summed E-state index contributed by atoms with van der Waals surface area (Å²) in [4.78, 5) is 20.9. The number of aryl methyl sites for hydroxylation is 1. The molecule has 0 saturated carbocycles. The number of nitrogens with one attached hydrogen (secondary N) is 1. The number of unbranched alkanes of at least 4 members (excludes halogenated alkanes) is 1. The number of pyridine rings is 1. The molecule has 5 rings (SSSR count). The number of nitrogens with zero attached hydrogens (tertiary/aromatic N) is 4. The summed E-state index contributed by atoms with van der Waals surface area (Å²) in [7, 11) is 0. The van der Waals surface area contributed by atoms with Gasteiger partial charge in [-0.15, -0.1) is 0 Å². The second-order valence-corrected chi connectivity index (χ2v) is 9.18. The molecule has 1 fully saturated rings. The highest BCUT2D eigenvalue weighted by molar-refractivity contribution is 5.92. The monoisotopic (exact) mass is 461 g/mol. The van der Waals surface area contributed by atoms with E-state index in [1.165, 1.54) is 11.3 Å². The van der Waals surface area contributed by atoms with E-state index >= 15 is 0 Å². The Balaban J connectivity index is 1.04. The summed E-state index contributed by atoms with van der Waals surface area (Å²) >= 11 is 0. The zero-order valence-electron chi connectivity index (χ0n) is 19.5. The van der Waals surface area contributed by atoms with Crippen LogP contribution < -0.4 is 19.7 Å². The number of anilines is 2. The van der Waals surface area contributed by atoms with Crippen molar-refractivity contribution in [3.05, 3.63) is 41.5 Å². The normalized spacial score (nSPS) is 19.9. The van der Waals surface area contributed by atoms with Gasteiger partial charge < -0.3 is 19.7 Å². The Labute approximate surface area is 200 Å². The number of piperazine rings is 1. The third kappa shape index (κ3) is 5.10. The van der Waals surface area contributed by atoms with Gasteiger partial charge >= 0.3 is 0 Å². The maximum atomic E-state index is 11.6. The number of benzene rings is 1. The Morgan fingerprint density at radius 1 is 1.15 bits per heavy atom. The third-order valence-electron chi connectivity index (χ3n) is 6.85. The molecule has 1 unspecified atom stereocenters. The fourth-order valence-electron chi connectivity index (χ4n) is 4.90. The van der Waals surface area contributed by atoms with Crippen LogP contribution in [0.3, 0.4) is 0 Å². The number of hydrogen-bond acceptors (Lipinski definition) is 7. The maximum absolute atomic E-state index is 11.6. The smallest absolute Gasteiger partial charge is 0.225 e. The number of fused-ring (bicyclic) bond motifs is 2. The second kappa shape index (κ2) is 10.3. The van der Waals surface area contributed by atoms with Gasteiger partial charge in [0.1, 0.15) is 18.2 Å². The Hall–Kier alpha value is -3.31. The van der Waals surface area contributed by atoms with Crippen LogP contribution in [0.25, 0.3) is 0 Å². The van der Waals surface area contributed by atoms with Gasteiger partial charge in [0.15, 0.2) is 0 Å². The molecule has 0 radical (unpaired) electrons. The second-order valence-electron chi connectivity index (χ2n) is 9.18. The van der Waals surface area contributed by atoms with Crippen LogP contribution in [0.5, 0.6) is 11.6 Å². The summed E-state index contributed by atoms with van der Waals surface area (Å²) < 4.78 is 11.6. The molecule has 0 spiro atoms. The lowest BCUT2D eigenvalue weighted by Crippen LogP contribution is -2.47. The molecule has 3 aliphatic heterocycles. The predicted octanol–water partition coefficient (Wildman–Crippen LogP) is 3.02. The molecule has 1 amide bonds. The quantitative estimate of drug-likeness (QED) is 0.634. The lowest BCUT2D eigenvalue weighted by atomic mass is 9.95. The van der Waals surface area contributed by atoms with E-state index < -0.39 is 0 Å². The van der Waals surface area contributed by atoms with Gasteiger partial charge in [0.25, 0.3) is 0 Å². The minimum absolute atomic E-state index is 0.0177. The van der Waals surface area contributed by atoms with Crippen LogP contribution in [0.15, 0.2) is 30.3 Å². The lowest BCUT2D eigenvalue weighted by molar-refractivity contribution is -0.116. The van der Waals surface area contributed by atoms with Gasteiger partial charge in [-0.1, -0.05) is 6.07 Å². The first-order chi connectivity index (χ1) is 16.7. The van der Waals surface area contributed by atoms with E-state index in [2.05, 4.69) is 38.3 Å². The van der Waals surface area contributed by atoms with Gasteiger partial charge in [-0.25, -0.2) is 0 Å². The van der Waals surface area contributed by atoms with Crippen LogP contribution in [0.1, 0.15) is 30.4 Å². The van der Waals surface area contributed by atoms with Crippen molar-refractivity contribution >= 4 is 17.4 Å². The van der Waals surface area contributed by atoms with E-state index in [0.29, 0.717) is 31.3 Å². The molecule has 8 heteroatoms. The first-order valence-corrected chi connectivity index (χ1v) is 12.2. The van der Waals surface area contributed by atoms with Gasteiger partial charge in [0.2, 0.25) is 11.8 Å². The Morgan fingerprint density at radius 2 is 2.03 bits per heavy atom. The molecule has 1 aromatic heterocycles. The SMILES string of the molecule is N#CC1COc2cccc(N3CCN(CCCCOc4ccc5c(n4)NC(=O)CC5)CC3)c2C1. The minimum Gasteiger partial charge on any atom is -0.492 e. The average Bonchev–Trinajstić information content (AvgIpc) is 2.88. The molecule has 1 atom stereocenters. The van der Waals surface area contributed by atoms with Crippen molar-refractivity contribution in [3.8, 4) is 17.7 Å². The molecule has 1 saturated heterocycles. The van der Waals surface area contributed by atoms with Crippen LogP contribution in [0, 0.1) is 17.2 Å². The van der Waals surface area contributed by atoms with Gasteiger partial charge in [-0.2, -0.15) is 10.2 Å². The van der Waals surface area contributed by atoms with E-state index in [0.717, 1.165) is 69.7 Å². The number of nitriles is 1. The standard InChI is InChI=1S/C26H31N5O3/c27-17-19-16-21-22(4-3-5-23(21)34-18-19)31-13-11-30(12-14-31)10-1-2-15-33-25-9-7-20-6-8-24(32)28-26(20)29-25/h3-5,7,9,19H,1-2,6,8,10-16,18H2,(H,28,29,32). The summed E-state index contributed by atoms with van der Waals surface area (Å²) in [5, 5.41) is 12.1. The molecule has 4 heterocycles. The van der Waals surface area contributed by atoms with Crippen LogP contribution in [-0.4, -0.2) is 61.7 Å². The number of ether oxygens (including phenoxy) is 2. The molecule has 8 nitrogen and oxygen atoms in total. The number of hydrogen-bond donors (Lipinski definition) is 1. The Morgan fingerprint density at radius 3 is 2.88 bits per heavy atom. The first-order valence-electron chi connectivity index (χ1n) is 12.2. The summed E-state index contributed by atoms with van der Waals surface area (Å²) in [5.41, 5.74) is 3.47. The van der Waals surface area contributed by atoms with Crippen LogP contribution >= 0.6 is 0 Å². The Kier molecular flexibility index (Phi) is 6.82. The van der Waals surface area contributed by atoms with Crippen LogP contribution in [-0.2, 0) is 17.6 Å². The fourth-order valence-corrected chi connectivity index (χ4v) is 4.90. The van der Waals surface area contributed by atoms with Crippen molar-refractivity contribution in [1.82, 2.24) is 9.88 Å². The molecule has 2 aromatic rings. The highest BCUT2D eigenvalue weighted by atomic mass is 16.5. The number of aromatic nitrogens is 1. The van der Waals surface area contributed by atoms with Crippen molar-refractivity contribution in [2.24, 2.45) is 5.92 Å². The molecule has 34 heavy (non-hydrogen) atoms. The van der Waals surface area contributed by atoms with Gasteiger partial charge in [0, 0.05) is 49.9 Å². The highest BCUT2D eigenvalue weighted by Crippen LogP contribution is 2.35. The van der Waals surface area contributed by atoms with E-state index in [1.807, 2.05) is 18.2 Å². The number of amides is 1. The molecule has 178 valence electrons. The van der Waals surface area contributed by atoms with E-state index in [1.54, 1.807) is 0 Å². The molecule has 1 aromatic carbocycles. The fraction of sp³-hybridized carbons (Fsp3) is 0.500. The summed E-state index contributed by atoms with van der Waals surface area (Å²) in [6, 6.07) is 12.5. The topological polar surface area (TPSA) is 90.7 Å². The first kappa shape index (κ1) is 22.5. The van der Waals surface area contributed by atoms with E-state index in [4.69, 9.17) is 9.47 Å². The van der Waals surface area contributed by atoms with Gasteiger partial charge in [-0.3, -0.25) is 9.69 Å². The van der Waals surface area contributed by atoms with E-state index in [9.17, 15) is 10.1 Å². The minimum atomic E-state index is -0.0626. The summed E-state index contributed by atoms with van der Waals surface area (Å²) in [6.45, 7) is 6.18. The maximum Gasteiger partial charge on any atom is 0.225 e. The highest BCUT2D eigenvalue weighted by Gasteiger charge is 2.26. The van der Waals surface area contributed by atoms with Gasteiger partial charge in [0.05, 0.1) is 18.6 Å². The third-order valence-corrected chi connectivity index (χ3v) is 6.85. The van der Waals surface area contributed by atoms with Gasteiger partial charge in [-0.05, 0) is 56.0 Å². The van der Waals surface area contributed by atoms with Crippen molar-refractivity contribution in [3.63, 3.8) is 0 Å².